The number of hydrogen-bond acceptors (Lipinski definition) is 2. The quantitative estimate of drug-likeness (QED) is 0.472. The van der Waals surface area contributed by atoms with Gasteiger partial charge in [0, 0.05) is 5.92 Å². The van der Waals surface area contributed by atoms with E-state index < -0.39 is 19.7 Å². The number of hydrogen-bond donors (Lipinski definition) is 2. The SMILES string of the molecule is C=CCC([C]=O)CP(=O)(O)O. The van der Waals surface area contributed by atoms with Gasteiger partial charge in [0.15, 0.2) is 0 Å². The van der Waals surface area contributed by atoms with E-state index in [0.29, 0.717) is 0 Å². The van der Waals surface area contributed by atoms with Crippen LogP contribution in [0.3, 0.4) is 0 Å². The monoisotopic (exact) mass is 177 g/mol. The van der Waals surface area contributed by atoms with Crippen LogP contribution in [0.5, 0.6) is 0 Å². The van der Waals surface area contributed by atoms with E-state index in [1.165, 1.54) is 6.08 Å². The molecule has 1 radical (unpaired) electrons. The summed E-state index contributed by atoms with van der Waals surface area (Å²) in [5, 5.41) is 0. The Balaban J connectivity index is 3.97. The van der Waals surface area contributed by atoms with Crippen LogP contribution in [0.25, 0.3) is 0 Å². The first kappa shape index (κ1) is 10.6. The molecule has 0 saturated heterocycles. The minimum Gasteiger partial charge on any atom is -0.324 e. The molecule has 0 aromatic heterocycles. The average molecular weight is 177 g/mol. The summed E-state index contributed by atoms with van der Waals surface area (Å²) >= 11 is 0. The molecule has 0 saturated carbocycles. The van der Waals surface area contributed by atoms with Crippen molar-refractivity contribution in [3.05, 3.63) is 12.7 Å². The average Bonchev–Trinajstić information content (AvgIpc) is 1.84. The Morgan fingerprint density at radius 2 is 2.18 bits per heavy atom. The number of carbonyl (C=O) groups excluding carboxylic acids is 1. The third-order valence-corrected chi connectivity index (χ3v) is 1.99. The van der Waals surface area contributed by atoms with Gasteiger partial charge in [0.05, 0.1) is 6.16 Å². The molecule has 0 aromatic rings. The van der Waals surface area contributed by atoms with E-state index in [0.717, 1.165) is 0 Å². The van der Waals surface area contributed by atoms with Crippen LogP contribution in [-0.4, -0.2) is 22.2 Å². The molecule has 0 aliphatic carbocycles. The van der Waals surface area contributed by atoms with Crippen LogP contribution >= 0.6 is 7.60 Å². The fourth-order valence-electron chi connectivity index (χ4n) is 0.648. The van der Waals surface area contributed by atoms with Crippen molar-refractivity contribution in [3.8, 4) is 0 Å². The predicted molar refractivity (Wildman–Crippen MR) is 40.9 cm³/mol. The van der Waals surface area contributed by atoms with Gasteiger partial charge in [-0.3, -0.25) is 9.36 Å². The van der Waals surface area contributed by atoms with Crippen molar-refractivity contribution in [3.63, 3.8) is 0 Å². The summed E-state index contributed by atoms with van der Waals surface area (Å²) in [6.07, 6.45) is 2.80. The van der Waals surface area contributed by atoms with Gasteiger partial charge >= 0.3 is 7.60 Å². The molecule has 0 bridgehead atoms. The second kappa shape index (κ2) is 4.44. The maximum Gasteiger partial charge on any atom is 0.326 e. The van der Waals surface area contributed by atoms with E-state index in [1.807, 2.05) is 0 Å². The minimum atomic E-state index is -4.08. The van der Waals surface area contributed by atoms with Gasteiger partial charge in [-0.25, -0.2) is 0 Å². The Hall–Kier alpha value is -0.440. The fraction of sp³-hybridized carbons (Fsp3) is 0.500. The standard InChI is InChI=1S/C6H10O4P/c1-2-3-6(4-7)5-11(8,9)10/h2,6H,1,3,5H2,(H2,8,9,10). The molecule has 0 aliphatic rings. The predicted octanol–water partition coefficient (Wildman–Crippen LogP) is 0.466. The lowest BCUT2D eigenvalue weighted by atomic mass is 10.1. The summed E-state index contributed by atoms with van der Waals surface area (Å²) in [6, 6.07) is 0. The van der Waals surface area contributed by atoms with Gasteiger partial charge in [0.25, 0.3) is 0 Å². The van der Waals surface area contributed by atoms with Crippen LogP contribution in [0.15, 0.2) is 12.7 Å². The van der Waals surface area contributed by atoms with E-state index in [1.54, 1.807) is 6.29 Å². The van der Waals surface area contributed by atoms with Crippen molar-refractivity contribution in [2.24, 2.45) is 5.92 Å². The molecule has 1 atom stereocenters. The second-order valence-electron chi connectivity index (χ2n) is 2.19. The smallest absolute Gasteiger partial charge is 0.324 e. The molecule has 0 amide bonds. The zero-order valence-corrected chi connectivity index (χ0v) is 6.83. The summed E-state index contributed by atoms with van der Waals surface area (Å²) in [7, 11) is -4.08. The molecule has 0 heterocycles. The lowest BCUT2D eigenvalue weighted by Gasteiger charge is -2.06. The van der Waals surface area contributed by atoms with Crippen LogP contribution in [0.4, 0.5) is 0 Å². The molecular formula is C6H10O4P. The third kappa shape index (κ3) is 5.98. The van der Waals surface area contributed by atoms with Gasteiger partial charge in [0.1, 0.15) is 0 Å². The zero-order valence-electron chi connectivity index (χ0n) is 5.93. The van der Waals surface area contributed by atoms with Crippen LogP contribution in [0.2, 0.25) is 0 Å². The maximum absolute atomic E-state index is 10.4. The molecule has 0 rings (SSSR count). The molecular weight excluding hydrogens is 167 g/mol. The van der Waals surface area contributed by atoms with E-state index in [4.69, 9.17) is 9.79 Å². The third-order valence-electron chi connectivity index (χ3n) is 1.08. The lowest BCUT2D eigenvalue weighted by molar-refractivity contribution is 0.367. The Morgan fingerprint density at radius 1 is 1.64 bits per heavy atom. The highest BCUT2D eigenvalue weighted by Crippen LogP contribution is 2.37. The first-order chi connectivity index (χ1) is 4.99. The second-order valence-corrected chi connectivity index (χ2v) is 3.88. The Kier molecular flexibility index (Phi) is 4.26. The highest BCUT2D eigenvalue weighted by molar-refractivity contribution is 7.51. The molecule has 1 unspecified atom stereocenters. The Morgan fingerprint density at radius 3 is 2.45 bits per heavy atom. The van der Waals surface area contributed by atoms with E-state index in [9.17, 15) is 9.36 Å². The van der Waals surface area contributed by atoms with Crippen molar-refractivity contribution in [1.82, 2.24) is 0 Å². The van der Waals surface area contributed by atoms with Crippen LogP contribution in [0.1, 0.15) is 6.42 Å². The van der Waals surface area contributed by atoms with Gasteiger partial charge in [-0.1, -0.05) is 6.08 Å². The summed E-state index contributed by atoms with van der Waals surface area (Å²) in [4.78, 5) is 26.9. The maximum atomic E-state index is 10.4. The largest absolute Gasteiger partial charge is 0.326 e. The molecule has 0 fully saturated rings. The number of allylic oxidation sites excluding steroid dienone is 1. The molecule has 0 aliphatic heterocycles. The highest BCUT2D eigenvalue weighted by atomic mass is 31.2. The molecule has 0 spiro atoms. The minimum absolute atomic E-state index is 0.259. The van der Waals surface area contributed by atoms with Gasteiger partial charge in [-0.15, -0.1) is 6.58 Å². The Labute approximate surface area is 65.1 Å². The van der Waals surface area contributed by atoms with Crippen molar-refractivity contribution >= 4 is 13.9 Å². The van der Waals surface area contributed by atoms with Gasteiger partial charge in [-0.2, -0.15) is 0 Å². The molecule has 2 N–H and O–H groups in total. The van der Waals surface area contributed by atoms with Crippen LogP contribution < -0.4 is 0 Å². The first-order valence-electron chi connectivity index (χ1n) is 3.02. The van der Waals surface area contributed by atoms with Crippen LogP contribution in [-0.2, 0) is 9.36 Å². The molecule has 11 heavy (non-hydrogen) atoms. The van der Waals surface area contributed by atoms with Crippen molar-refractivity contribution in [2.45, 2.75) is 6.42 Å². The summed E-state index contributed by atoms with van der Waals surface area (Å²) in [6.45, 7) is 3.35. The van der Waals surface area contributed by atoms with Crippen molar-refractivity contribution in [2.75, 3.05) is 6.16 Å². The summed E-state index contributed by atoms with van der Waals surface area (Å²) in [5.41, 5.74) is 0. The van der Waals surface area contributed by atoms with E-state index >= 15 is 0 Å². The topological polar surface area (TPSA) is 74.6 Å². The number of rotatable bonds is 5. The molecule has 4 nitrogen and oxygen atoms in total. The van der Waals surface area contributed by atoms with Crippen molar-refractivity contribution in [1.29, 1.82) is 0 Å². The van der Waals surface area contributed by atoms with E-state index in [2.05, 4.69) is 6.58 Å². The summed E-state index contributed by atoms with van der Waals surface area (Å²) in [5.74, 6) is -0.728. The first-order valence-corrected chi connectivity index (χ1v) is 4.82. The summed E-state index contributed by atoms with van der Waals surface area (Å²) < 4.78 is 10.4. The van der Waals surface area contributed by atoms with Gasteiger partial charge < -0.3 is 9.79 Å². The van der Waals surface area contributed by atoms with Crippen LogP contribution in [0, 0.1) is 5.92 Å². The molecule has 5 heteroatoms. The normalized spacial score (nSPS) is 14.0. The van der Waals surface area contributed by atoms with Crippen molar-refractivity contribution < 1.29 is 19.1 Å². The highest BCUT2D eigenvalue weighted by Gasteiger charge is 2.20. The molecule has 63 valence electrons. The van der Waals surface area contributed by atoms with Gasteiger partial charge in [-0.05, 0) is 6.42 Å². The van der Waals surface area contributed by atoms with Gasteiger partial charge in [0.2, 0.25) is 6.29 Å². The zero-order chi connectivity index (χ0) is 8.91. The Bertz CT molecular complexity index is 183. The fourth-order valence-corrected chi connectivity index (χ4v) is 1.45. The molecule has 0 aromatic carbocycles. The van der Waals surface area contributed by atoms with E-state index in [-0.39, 0.29) is 6.42 Å². The lowest BCUT2D eigenvalue weighted by Crippen LogP contribution is -2.06.